The van der Waals surface area contributed by atoms with Gasteiger partial charge in [-0.1, -0.05) is 42.0 Å². The molecule has 0 aliphatic carbocycles. The van der Waals surface area contributed by atoms with Gasteiger partial charge in [-0.05, 0) is 41.5 Å². The van der Waals surface area contributed by atoms with Gasteiger partial charge in [0.1, 0.15) is 11.5 Å². The quantitative estimate of drug-likeness (QED) is 0.512. The number of phenols is 1. The van der Waals surface area contributed by atoms with Crippen LogP contribution in [-0.4, -0.2) is 22.4 Å². The third-order valence-electron chi connectivity index (χ3n) is 4.88. The first-order chi connectivity index (χ1) is 13.1. The highest BCUT2D eigenvalue weighted by molar-refractivity contribution is 5.89. The molecule has 3 aromatic carbocycles. The molecule has 0 aliphatic heterocycles. The van der Waals surface area contributed by atoms with Crippen LogP contribution in [-0.2, 0) is 6.42 Å². The lowest BCUT2D eigenvalue weighted by Gasteiger charge is -2.11. The predicted molar refractivity (Wildman–Crippen MR) is 107 cm³/mol. The Labute approximate surface area is 156 Å². The molecule has 136 valence electrons. The Morgan fingerprint density at radius 1 is 0.963 bits per heavy atom. The number of aromatic hydroxyl groups is 1. The van der Waals surface area contributed by atoms with Crippen LogP contribution in [0.2, 0.25) is 0 Å². The summed E-state index contributed by atoms with van der Waals surface area (Å²) in [6, 6.07) is 17.2. The topological polar surface area (TPSA) is 78.1 Å². The molecule has 0 spiro atoms. The highest BCUT2D eigenvalue weighted by atomic mass is 16.5. The predicted octanol–water partition coefficient (Wildman–Crippen LogP) is 4.14. The van der Waals surface area contributed by atoms with Crippen molar-refractivity contribution in [3.05, 3.63) is 81.6 Å². The molecule has 0 unspecified atom stereocenters. The van der Waals surface area contributed by atoms with Crippen molar-refractivity contribution in [2.45, 2.75) is 13.3 Å². The fourth-order valence-electron chi connectivity index (χ4n) is 3.37. The van der Waals surface area contributed by atoms with Gasteiger partial charge in [-0.2, -0.15) is 0 Å². The summed E-state index contributed by atoms with van der Waals surface area (Å²) >= 11 is 0. The number of fused-ring (bicyclic) bond motifs is 1. The molecule has 0 atom stereocenters. The maximum absolute atomic E-state index is 12.4. The lowest BCUT2D eigenvalue weighted by molar-refractivity contribution is 0.415. The molecule has 1 aromatic heterocycles. The van der Waals surface area contributed by atoms with E-state index in [1.807, 2.05) is 55.5 Å². The van der Waals surface area contributed by atoms with Crippen LogP contribution < -0.4 is 10.3 Å². The van der Waals surface area contributed by atoms with Crippen LogP contribution in [0.4, 0.5) is 0 Å². The minimum absolute atomic E-state index is 0.170. The van der Waals surface area contributed by atoms with Crippen molar-refractivity contribution in [1.29, 1.82) is 0 Å². The Kier molecular flexibility index (Phi) is 4.20. The van der Waals surface area contributed by atoms with Crippen molar-refractivity contribution in [1.82, 2.24) is 10.2 Å². The molecule has 0 amide bonds. The van der Waals surface area contributed by atoms with Gasteiger partial charge in [0.25, 0.3) is 5.56 Å². The van der Waals surface area contributed by atoms with Crippen molar-refractivity contribution in [2.24, 2.45) is 0 Å². The van der Waals surface area contributed by atoms with Crippen LogP contribution >= 0.6 is 0 Å². The van der Waals surface area contributed by atoms with Gasteiger partial charge in [-0.25, -0.2) is 0 Å². The summed E-state index contributed by atoms with van der Waals surface area (Å²) in [5.74, 6) is 0.919. The number of hydrogen-bond acceptors (Lipinski definition) is 3. The zero-order valence-electron chi connectivity index (χ0n) is 15.2. The number of hydrogen-bond donors (Lipinski definition) is 3. The molecule has 5 nitrogen and oxygen atoms in total. The number of H-pyrrole nitrogens is 2. The smallest absolute Gasteiger partial charge is 0.268 e. The molecule has 3 N–H and O–H groups in total. The number of nitrogens with one attached hydrogen (secondary N) is 2. The molecule has 0 fully saturated rings. The summed E-state index contributed by atoms with van der Waals surface area (Å²) in [4.78, 5) is 12.4. The zero-order chi connectivity index (χ0) is 19.0. The molecule has 1 heterocycles. The number of benzene rings is 3. The Balaban J connectivity index is 1.84. The molecular weight excluding hydrogens is 340 g/mol. The Bertz CT molecular complexity index is 1170. The molecule has 0 saturated heterocycles. The molecule has 27 heavy (non-hydrogen) atoms. The first-order valence-corrected chi connectivity index (χ1v) is 8.72. The number of ether oxygens (including phenoxy) is 1. The van der Waals surface area contributed by atoms with E-state index in [1.54, 1.807) is 13.2 Å². The van der Waals surface area contributed by atoms with E-state index in [2.05, 4.69) is 10.2 Å². The maximum Gasteiger partial charge on any atom is 0.268 e. The van der Waals surface area contributed by atoms with Gasteiger partial charge in [0.2, 0.25) is 0 Å². The summed E-state index contributed by atoms with van der Waals surface area (Å²) in [7, 11) is 1.62. The van der Waals surface area contributed by atoms with Gasteiger partial charge >= 0.3 is 0 Å². The molecule has 0 radical (unpaired) electrons. The molecule has 4 aromatic rings. The van der Waals surface area contributed by atoms with Crippen molar-refractivity contribution < 1.29 is 9.84 Å². The standard InChI is InChI=1S/C22H20N2O3/c1-13-3-5-14(6-4-13)21-19(22(26)24-23-21)12-18-17-9-8-16(27-2)11-15(17)7-10-20(18)25/h3-11,25H,12H2,1-2H3,(H2,23,24,26). The molecular formula is C22H20N2O3. The fraction of sp³-hybridized carbons (Fsp3) is 0.136. The SMILES string of the molecule is COc1ccc2c(Cc3c(-c4ccc(C)cc4)[nH][nH]c3=O)c(O)ccc2c1. The van der Waals surface area contributed by atoms with Crippen LogP contribution in [0, 0.1) is 6.92 Å². The van der Waals surface area contributed by atoms with E-state index >= 15 is 0 Å². The van der Waals surface area contributed by atoms with E-state index < -0.39 is 0 Å². The van der Waals surface area contributed by atoms with E-state index in [0.717, 1.165) is 33.3 Å². The highest BCUT2D eigenvalue weighted by Gasteiger charge is 2.16. The van der Waals surface area contributed by atoms with E-state index in [1.165, 1.54) is 0 Å². The number of rotatable bonds is 4. The first kappa shape index (κ1) is 17.0. The van der Waals surface area contributed by atoms with Gasteiger partial charge in [-0.15, -0.1) is 0 Å². The summed E-state index contributed by atoms with van der Waals surface area (Å²) < 4.78 is 5.28. The number of phenolic OH excluding ortho intramolecular Hbond substituents is 1. The molecule has 4 rings (SSSR count). The van der Waals surface area contributed by atoms with Crippen molar-refractivity contribution in [3.63, 3.8) is 0 Å². The highest BCUT2D eigenvalue weighted by Crippen LogP contribution is 2.32. The van der Waals surface area contributed by atoms with Crippen molar-refractivity contribution >= 4 is 10.8 Å². The second-order valence-corrected chi connectivity index (χ2v) is 6.63. The summed E-state index contributed by atoms with van der Waals surface area (Å²) in [5.41, 5.74) is 3.95. The first-order valence-electron chi connectivity index (χ1n) is 8.72. The Morgan fingerprint density at radius 2 is 1.74 bits per heavy atom. The lowest BCUT2D eigenvalue weighted by atomic mass is 9.95. The monoisotopic (exact) mass is 360 g/mol. The van der Waals surface area contributed by atoms with Crippen LogP contribution in [0.1, 0.15) is 16.7 Å². The maximum atomic E-state index is 12.4. The van der Waals surface area contributed by atoms with Crippen LogP contribution in [0.3, 0.4) is 0 Å². The average Bonchev–Trinajstić information content (AvgIpc) is 3.04. The number of aromatic nitrogens is 2. The number of methoxy groups -OCH3 is 1. The zero-order valence-corrected chi connectivity index (χ0v) is 15.2. The van der Waals surface area contributed by atoms with E-state index in [9.17, 15) is 9.90 Å². The Hall–Kier alpha value is -3.47. The molecule has 5 heteroatoms. The van der Waals surface area contributed by atoms with Gasteiger partial charge < -0.3 is 9.84 Å². The normalized spacial score (nSPS) is 11.0. The third kappa shape index (κ3) is 3.08. The van der Waals surface area contributed by atoms with Gasteiger partial charge in [0.05, 0.1) is 12.8 Å². The van der Waals surface area contributed by atoms with Crippen LogP contribution in [0.15, 0.2) is 59.4 Å². The van der Waals surface area contributed by atoms with Gasteiger partial charge in [0.15, 0.2) is 0 Å². The second-order valence-electron chi connectivity index (χ2n) is 6.63. The Morgan fingerprint density at radius 3 is 2.48 bits per heavy atom. The summed E-state index contributed by atoms with van der Waals surface area (Å²) in [5, 5.41) is 18.0. The largest absolute Gasteiger partial charge is 0.508 e. The minimum Gasteiger partial charge on any atom is -0.508 e. The lowest BCUT2D eigenvalue weighted by Crippen LogP contribution is -2.07. The van der Waals surface area contributed by atoms with Crippen LogP contribution in [0.25, 0.3) is 22.0 Å². The van der Waals surface area contributed by atoms with Gasteiger partial charge in [-0.3, -0.25) is 15.0 Å². The third-order valence-corrected chi connectivity index (χ3v) is 4.88. The van der Waals surface area contributed by atoms with E-state index in [-0.39, 0.29) is 11.3 Å². The second kappa shape index (κ2) is 6.68. The van der Waals surface area contributed by atoms with E-state index in [0.29, 0.717) is 17.5 Å². The van der Waals surface area contributed by atoms with E-state index in [4.69, 9.17) is 4.74 Å². The molecule has 0 saturated carbocycles. The number of aromatic amines is 2. The van der Waals surface area contributed by atoms with Gasteiger partial charge in [0, 0.05) is 17.5 Å². The summed E-state index contributed by atoms with van der Waals surface area (Å²) in [6.07, 6.45) is 0.317. The number of aryl methyl sites for hydroxylation is 1. The van der Waals surface area contributed by atoms with Crippen molar-refractivity contribution in [3.8, 4) is 22.8 Å². The summed E-state index contributed by atoms with van der Waals surface area (Å²) in [6.45, 7) is 2.02. The van der Waals surface area contributed by atoms with Crippen LogP contribution in [0.5, 0.6) is 11.5 Å². The molecule has 0 bridgehead atoms. The fourth-order valence-corrected chi connectivity index (χ4v) is 3.37. The average molecular weight is 360 g/mol. The molecule has 0 aliphatic rings. The minimum atomic E-state index is -0.185. The van der Waals surface area contributed by atoms with Crippen molar-refractivity contribution in [2.75, 3.05) is 7.11 Å².